The minimum Gasteiger partial charge on any atom is -0.378 e. The smallest absolute Gasteiger partial charge is 0.230 e. The number of hydrogen-bond acceptors (Lipinski definition) is 5. The van der Waals surface area contributed by atoms with Gasteiger partial charge < -0.3 is 19.5 Å². The highest BCUT2D eigenvalue weighted by molar-refractivity contribution is 6.30. The first-order valence-electron chi connectivity index (χ1n) is 9.12. The van der Waals surface area contributed by atoms with Crippen LogP contribution in [0.1, 0.15) is 5.69 Å². The summed E-state index contributed by atoms with van der Waals surface area (Å²) < 4.78 is 10.8. The number of ether oxygens (including phenoxy) is 1. The maximum absolute atomic E-state index is 12.6. The molecule has 1 aromatic heterocycles. The Labute approximate surface area is 168 Å². The van der Waals surface area contributed by atoms with Crippen LogP contribution in [0.3, 0.4) is 0 Å². The molecule has 1 amide bonds. The number of morpholine rings is 1. The molecular formula is C21H20ClN3O3. The molecule has 1 saturated heterocycles. The van der Waals surface area contributed by atoms with E-state index in [0.29, 0.717) is 29.7 Å². The Hall–Kier alpha value is -2.83. The molecule has 1 aliphatic rings. The summed E-state index contributed by atoms with van der Waals surface area (Å²) >= 11 is 5.91. The number of aromatic nitrogens is 1. The van der Waals surface area contributed by atoms with E-state index in [1.807, 2.05) is 36.4 Å². The third-order valence-corrected chi connectivity index (χ3v) is 4.81. The van der Waals surface area contributed by atoms with Crippen molar-refractivity contribution in [1.82, 2.24) is 5.16 Å². The molecule has 0 spiro atoms. The molecule has 6 nitrogen and oxygen atoms in total. The molecular weight excluding hydrogens is 378 g/mol. The lowest BCUT2D eigenvalue weighted by molar-refractivity contribution is -0.115. The minimum absolute atomic E-state index is 0.133. The number of halogens is 1. The Morgan fingerprint density at radius 2 is 1.86 bits per heavy atom. The summed E-state index contributed by atoms with van der Waals surface area (Å²) in [5.74, 6) is 0.463. The van der Waals surface area contributed by atoms with Crippen molar-refractivity contribution < 1.29 is 14.1 Å². The van der Waals surface area contributed by atoms with Gasteiger partial charge in [-0.1, -0.05) is 28.9 Å². The van der Waals surface area contributed by atoms with E-state index in [9.17, 15) is 4.79 Å². The molecule has 7 heteroatoms. The van der Waals surface area contributed by atoms with E-state index in [2.05, 4.69) is 15.4 Å². The Bertz CT molecular complexity index is 950. The molecule has 1 N–H and O–H groups in total. The minimum atomic E-state index is -0.142. The predicted molar refractivity (Wildman–Crippen MR) is 109 cm³/mol. The van der Waals surface area contributed by atoms with Crippen LogP contribution in [-0.4, -0.2) is 37.4 Å². The summed E-state index contributed by atoms with van der Waals surface area (Å²) in [6.07, 6.45) is 0.133. The van der Waals surface area contributed by atoms with Gasteiger partial charge in [0.25, 0.3) is 0 Å². The number of carbonyl (C=O) groups excluding carboxylic acids is 1. The van der Waals surface area contributed by atoms with E-state index < -0.39 is 0 Å². The summed E-state index contributed by atoms with van der Waals surface area (Å²) in [5, 5.41) is 7.66. The number of nitrogens with one attached hydrogen (secondary N) is 1. The quantitative estimate of drug-likeness (QED) is 0.704. The second-order valence-electron chi connectivity index (χ2n) is 6.53. The predicted octanol–water partition coefficient (Wildman–Crippen LogP) is 4.01. The zero-order valence-electron chi connectivity index (χ0n) is 15.2. The third-order valence-electron chi connectivity index (χ3n) is 4.56. The van der Waals surface area contributed by atoms with Gasteiger partial charge in [-0.05, 0) is 36.4 Å². The molecule has 28 heavy (non-hydrogen) atoms. The summed E-state index contributed by atoms with van der Waals surface area (Å²) in [6.45, 7) is 2.99. The van der Waals surface area contributed by atoms with Crippen LogP contribution in [0.4, 0.5) is 11.4 Å². The highest BCUT2D eigenvalue weighted by Crippen LogP contribution is 2.27. The molecule has 0 saturated carbocycles. The number of carbonyl (C=O) groups is 1. The normalized spacial score (nSPS) is 14.1. The molecule has 2 aromatic carbocycles. The molecule has 1 aliphatic heterocycles. The monoisotopic (exact) mass is 397 g/mol. The molecule has 144 valence electrons. The van der Waals surface area contributed by atoms with Crippen LogP contribution in [0.25, 0.3) is 11.3 Å². The Balaban J connectivity index is 1.43. The second kappa shape index (κ2) is 8.46. The molecule has 0 unspecified atom stereocenters. The van der Waals surface area contributed by atoms with E-state index in [1.54, 1.807) is 18.2 Å². The van der Waals surface area contributed by atoms with Crippen LogP contribution in [0.2, 0.25) is 5.02 Å². The molecule has 4 rings (SSSR count). The van der Waals surface area contributed by atoms with E-state index in [1.165, 1.54) is 0 Å². The fourth-order valence-corrected chi connectivity index (χ4v) is 3.29. The standard InChI is InChI=1S/C21H20ClN3O3/c22-16-7-5-15(6-8-16)20-13-17(24-28-20)14-21(26)23-18-3-1-2-4-19(18)25-9-11-27-12-10-25/h1-8,13H,9-12,14H2,(H,23,26). The van der Waals surface area contributed by atoms with Crippen molar-refractivity contribution in [2.45, 2.75) is 6.42 Å². The van der Waals surface area contributed by atoms with Gasteiger partial charge in [0, 0.05) is 29.7 Å². The molecule has 0 aliphatic carbocycles. The SMILES string of the molecule is O=C(Cc1cc(-c2ccc(Cl)cc2)on1)Nc1ccccc1N1CCOCC1. The molecule has 3 aromatic rings. The summed E-state index contributed by atoms with van der Waals surface area (Å²) in [6, 6.07) is 16.8. The fourth-order valence-electron chi connectivity index (χ4n) is 3.16. The largest absolute Gasteiger partial charge is 0.378 e. The maximum Gasteiger partial charge on any atom is 0.230 e. The van der Waals surface area contributed by atoms with E-state index in [4.69, 9.17) is 20.9 Å². The lowest BCUT2D eigenvalue weighted by Gasteiger charge is -2.30. The Morgan fingerprint density at radius 1 is 1.11 bits per heavy atom. The summed E-state index contributed by atoms with van der Waals surface area (Å²) in [4.78, 5) is 14.8. The third kappa shape index (κ3) is 4.35. The zero-order valence-corrected chi connectivity index (χ0v) is 16.0. The Morgan fingerprint density at radius 3 is 2.64 bits per heavy atom. The average molecular weight is 398 g/mol. The number of amides is 1. The van der Waals surface area contributed by atoms with E-state index in [-0.39, 0.29) is 12.3 Å². The van der Waals surface area contributed by atoms with Crippen molar-refractivity contribution in [3.8, 4) is 11.3 Å². The van der Waals surface area contributed by atoms with Crippen molar-refractivity contribution in [3.05, 3.63) is 65.3 Å². The Kier molecular flexibility index (Phi) is 5.60. The van der Waals surface area contributed by atoms with Gasteiger partial charge in [0.15, 0.2) is 5.76 Å². The first-order valence-corrected chi connectivity index (χ1v) is 9.50. The molecule has 1 fully saturated rings. The molecule has 2 heterocycles. The number of anilines is 2. The number of nitrogens with zero attached hydrogens (tertiary/aromatic N) is 2. The zero-order chi connectivity index (χ0) is 19.3. The van der Waals surface area contributed by atoms with Crippen molar-refractivity contribution in [2.24, 2.45) is 0 Å². The highest BCUT2D eigenvalue weighted by atomic mass is 35.5. The van der Waals surface area contributed by atoms with Gasteiger partial charge in [-0.15, -0.1) is 0 Å². The lowest BCUT2D eigenvalue weighted by atomic mass is 10.1. The van der Waals surface area contributed by atoms with E-state index in [0.717, 1.165) is 30.0 Å². The number of benzene rings is 2. The van der Waals surface area contributed by atoms with E-state index >= 15 is 0 Å². The first-order chi connectivity index (χ1) is 13.7. The van der Waals surface area contributed by atoms with Crippen molar-refractivity contribution in [1.29, 1.82) is 0 Å². The van der Waals surface area contributed by atoms with Gasteiger partial charge in [-0.2, -0.15) is 0 Å². The maximum atomic E-state index is 12.6. The number of rotatable bonds is 5. The fraction of sp³-hybridized carbons (Fsp3) is 0.238. The van der Waals surface area contributed by atoms with Crippen molar-refractivity contribution >= 4 is 28.9 Å². The first kappa shape index (κ1) is 18.5. The summed E-state index contributed by atoms with van der Waals surface area (Å²) in [5.41, 5.74) is 3.23. The van der Waals surface area contributed by atoms with Crippen molar-refractivity contribution in [3.63, 3.8) is 0 Å². The topological polar surface area (TPSA) is 67.6 Å². The second-order valence-corrected chi connectivity index (χ2v) is 6.97. The van der Waals surface area contributed by atoms with Crippen LogP contribution in [-0.2, 0) is 16.0 Å². The highest BCUT2D eigenvalue weighted by Gasteiger charge is 2.17. The van der Waals surface area contributed by atoms with Gasteiger partial charge in [-0.3, -0.25) is 4.79 Å². The average Bonchev–Trinajstić information content (AvgIpc) is 3.18. The summed E-state index contributed by atoms with van der Waals surface area (Å²) in [7, 11) is 0. The van der Waals surface area contributed by atoms with Crippen LogP contribution in [0.15, 0.2) is 59.1 Å². The molecule has 0 atom stereocenters. The van der Waals surface area contributed by atoms with Crippen LogP contribution >= 0.6 is 11.6 Å². The number of para-hydroxylation sites is 2. The van der Waals surface area contributed by atoms with Gasteiger partial charge >= 0.3 is 0 Å². The van der Waals surface area contributed by atoms with Gasteiger partial charge in [0.05, 0.1) is 36.7 Å². The molecule has 0 radical (unpaired) electrons. The van der Waals surface area contributed by atoms with Crippen LogP contribution in [0.5, 0.6) is 0 Å². The number of hydrogen-bond donors (Lipinski definition) is 1. The van der Waals surface area contributed by atoms with Crippen LogP contribution in [0, 0.1) is 0 Å². The van der Waals surface area contributed by atoms with Crippen LogP contribution < -0.4 is 10.2 Å². The van der Waals surface area contributed by atoms with Gasteiger partial charge in [0.2, 0.25) is 5.91 Å². The molecule has 0 bridgehead atoms. The van der Waals surface area contributed by atoms with Gasteiger partial charge in [-0.25, -0.2) is 0 Å². The van der Waals surface area contributed by atoms with Crippen molar-refractivity contribution in [2.75, 3.05) is 36.5 Å². The van der Waals surface area contributed by atoms with Gasteiger partial charge in [0.1, 0.15) is 0 Å². The lowest BCUT2D eigenvalue weighted by Crippen LogP contribution is -2.36.